The molecular formula is C19H25N3O2. The highest BCUT2D eigenvalue weighted by Gasteiger charge is 2.35. The predicted octanol–water partition coefficient (Wildman–Crippen LogP) is 1.80. The number of hydrogen-bond donors (Lipinski definition) is 2. The molecule has 2 atom stereocenters. The van der Waals surface area contributed by atoms with Gasteiger partial charge in [0.2, 0.25) is 5.91 Å². The van der Waals surface area contributed by atoms with Crippen molar-refractivity contribution in [3.63, 3.8) is 0 Å². The van der Waals surface area contributed by atoms with E-state index in [0.29, 0.717) is 11.6 Å². The van der Waals surface area contributed by atoms with Crippen LogP contribution in [0.1, 0.15) is 41.6 Å². The van der Waals surface area contributed by atoms with Crippen LogP contribution in [-0.4, -0.2) is 48.9 Å². The highest BCUT2D eigenvalue weighted by molar-refractivity contribution is 5.94. The first-order valence-electron chi connectivity index (χ1n) is 8.72. The van der Waals surface area contributed by atoms with Crippen LogP contribution in [0.15, 0.2) is 30.3 Å². The van der Waals surface area contributed by atoms with Crippen molar-refractivity contribution in [1.29, 1.82) is 0 Å². The number of fused-ring (bicyclic) bond motifs is 1. The van der Waals surface area contributed by atoms with Gasteiger partial charge in [0.05, 0.1) is 0 Å². The molecule has 0 aliphatic carbocycles. The highest BCUT2D eigenvalue weighted by atomic mass is 16.2. The minimum atomic E-state index is -0.110. The van der Waals surface area contributed by atoms with Gasteiger partial charge in [-0.05, 0) is 49.6 Å². The average Bonchev–Trinajstić information content (AvgIpc) is 3.03. The molecular weight excluding hydrogens is 302 g/mol. The number of nitrogens with zero attached hydrogens (tertiary/aromatic N) is 1. The molecule has 1 aromatic carbocycles. The molecule has 5 heteroatoms. The number of piperidine rings is 1. The van der Waals surface area contributed by atoms with Gasteiger partial charge in [0.1, 0.15) is 0 Å². The van der Waals surface area contributed by atoms with Crippen LogP contribution in [-0.2, 0) is 4.79 Å². The summed E-state index contributed by atoms with van der Waals surface area (Å²) in [6, 6.07) is 7.99. The van der Waals surface area contributed by atoms with Crippen molar-refractivity contribution in [2.24, 2.45) is 0 Å². The third kappa shape index (κ3) is 3.85. The number of amides is 2. The van der Waals surface area contributed by atoms with Crippen LogP contribution in [0.5, 0.6) is 0 Å². The predicted molar refractivity (Wildman–Crippen MR) is 94.6 cm³/mol. The second kappa shape index (κ2) is 7.62. The molecule has 2 saturated heterocycles. The molecule has 0 bridgehead atoms. The van der Waals surface area contributed by atoms with Gasteiger partial charge < -0.3 is 10.6 Å². The van der Waals surface area contributed by atoms with Gasteiger partial charge in [0, 0.05) is 37.3 Å². The molecule has 2 unspecified atom stereocenters. The van der Waals surface area contributed by atoms with Gasteiger partial charge in [-0.2, -0.15) is 0 Å². The Balaban J connectivity index is 1.54. The van der Waals surface area contributed by atoms with Crippen LogP contribution in [0, 0.1) is 0 Å². The van der Waals surface area contributed by atoms with E-state index in [1.807, 2.05) is 12.1 Å². The lowest BCUT2D eigenvalue weighted by Gasteiger charge is -2.32. The maximum Gasteiger partial charge on any atom is 0.251 e. The standard InChI is InChI=1S/C19H25N3O2/c1-20-19(24)15-8-5-14(6-9-15)7-10-18(23)21-16-11-13-22-12-3-2-4-17(16)22/h5-10,16-17H,2-4,11-13H2,1H3,(H,20,24)(H,21,23). The summed E-state index contributed by atoms with van der Waals surface area (Å²) in [5.41, 5.74) is 1.52. The van der Waals surface area contributed by atoms with Crippen molar-refractivity contribution in [3.05, 3.63) is 41.5 Å². The zero-order chi connectivity index (χ0) is 16.9. The molecule has 5 nitrogen and oxygen atoms in total. The lowest BCUT2D eigenvalue weighted by atomic mass is 9.99. The van der Waals surface area contributed by atoms with Crippen molar-refractivity contribution < 1.29 is 9.59 Å². The molecule has 2 aliphatic rings. The SMILES string of the molecule is CNC(=O)c1ccc(C=CC(=O)NC2CCN3CCCCC23)cc1. The summed E-state index contributed by atoms with van der Waals surface area (Å²) in [5, 5.41) is 5.74. The van der Waals surface area contributed by atoms with Crippen LogP contribution >= 0.6 is 0 Å². The lowest BCUT2D eigenvalue weighted by molar-refractivity contribution is -0.117. The third-order valence-electron chi connectivity index (χ3n) is 5.01. The zero-order valence-electron chi connectivity index (χ0n) is 14.1. The minimum absolute atomic E-state index is 0.0391. The van der Waals surface area contributed by atoms with E-state index in [0.717, 1.165) is 18.5 Å². The second-order valence-electron chi connectivity index (χ2n) is 6.54. The number of nitrogens with one attached hydrogen (secondary N) is 2. The van der Waals surface area contributed by atoms with E-state index < -0.39 is 0 Å². The molecule has 2 fully saturated rings. The number of carbonyl (C=O) groups excluding carboxylic acids is 2. The van der Waals surface area contributed by atoms with Crippen LogP contribution in [0.4, 0.5) is 0 Å². The number of rotatable bonds is 4. The molecule has 0 radical (unpaired) electrons. The van der Waals surface area contributed by atoms with E-state index in [4.69, 9.17) is 0 Å². The van der Waals surface area contributed by atoms with Gasteiger partial charge >= 0.3 is 0 Å². The van der Waals surface area contributed by atoms with Crippen molar-refractivity contribution >= 4 is 17.9 Å². The van der Waals surface area contributed by atoms with Crippen LogP contribution in [0.3, 0.4) is 0 Å². The topological polar surface area (TPSA) is 61.4 Å². The molecule has 2 N–H and O–H groups in total. The zero-order valence-corrected chi connectivity index (χ0v) is 14.1. The largest absolute Gasteiger partial charge is 0.355 e. The molecule has 0 aromatic heterocycles. The Morgan fingerprint density at radius 1 is 1.12 bits per heavy atom. The molecule has 24 heavy (non-hydrogen) atoms. The van der Waals surface area contributed by atoms with Crippen molar-refractivity contribution in [2.45, 2.75) is 37.8 Å². The first-order chi connectivity index (χ1) is 11.7. The molecule has 2 heterocycles. The Morgan fingerprint density at radius 2 is 1.92 bits per heavy atom. The maximum absolute atomic E-state index is 12.2. The normalized spacial score (nSPS) is 23.9. The van der Waals surface area contributed by atoms with Crippen LogP contribution in [0.25, 0.3) is 6.08 Å². The number of benzene rings is 1. The fourth-order valence-corrected chi connectivity index (χ4v) is 3.71. The Labute approximate surface area is 143 Å². The first-order valence-corrected chi connectivity index (χ1v) is 8.72. The van der Waals surface area contributed by atoms with Gasteiger partial charge in [-0.1, -0.05) is 18.6 Å². The van der Waals surface area contributed by atoms with Gasteiger partial charge in [-0.15, -0.1) is 0 Å². The van der Waals surface area contributed by atoms with E-state index in [-0.39, 0.29) is 17.9 Å². The molecule has 0 spiro atoms. The third-order valence-corrected chi connectivity index (χ3v) is 5.01. The lowest BCUT2D eigenvalue weighted by Crippen LogP contribution is -2.46. The molecule has 2 amide bonds. The van der Waals surface area contributed by atoms with Gasteiger partial charge in [0.25, 0.3) is 5.91 Å². The van der Waals surface area contributed by atoms with Gasteiger partial charge in [0.15, 0.2) is 0 Å². The van der Waals surface area contributed by atoms with Crippen molar-refractivity contribution in [3.8, 4) is 0 Å². The fourth-order valence-electron chi connectivity index (χ4n) is 3.71. The molecule has 1 aromatic rings. The molecule has 0 saturated carbocycles. The van der Waals surface area contributed by atoms with Crippen LogP contribution in [0.2, 0.25) is 0 Å². The Morgan fingerprint density at radius 3 is 2.67 bits per heavy atom. The van der Waals surface area contributed by atoms with Crippen molar-refractivity contribution in [1.82, 2.24) is 15.5 Å². The van der Waals surface area contributed by atoms with Gasteiger partial charge in [-0.25, -0.2) is 0 Å². The molecule has 3 rings (SSSR count). The van der Waals surface area contributed by atoms with E-state index in [1.54, 1.807) is 31.3 Å². The summed E-state index contributed by atoms with van der Waals surface area (Å²) in [7, 11) is 1.61. The summed E-state index contributed by atoms with van der Waals surface area (Å²) in [5.74, 6) is -0.149. The Hall–Kier alpha value is -2.14. The monoisotopic (exact) mass is 327 g/mol. The summed E-state index contributed by atoms with van der Waals surface area (Å²) in [4.78, 5) is 26.2. The average molecular weight is 327 g/mol. The van der Waals surface area contributed by atoms with E-state index in [2.05, 4.69) is 15.5 Å². The molecule has 128 valence electrons. The minimum Gasteiger partial charge on any atom is -0.355 e. The summed E-state index contributed by atoms with van der Waals surface area (Å²) in [6.07, 6.45) is 8.15. The number of carbonyl (C=O) groups is 2. The van der Waals surface area contributed by atoms with E-state index in [1.165, 1.54) is 25.8 Å². The van der Waals surface area contributed by atoms with E-state index >= 15 is 0 Å². The van der Waals surface area contributed by atoms with Crippen molar-refractivity contribution in [2.75, 3.05) is 20.1 Å². The Bertz CT molecular complexity index is 624. The fraction of sp³-hybridized carbons (Fsp3) is 0.474. The van der Waals surface area contributed by atoms with E-state index in [9.17, 15) is 9.59 Å². The quantitative estimate of drug-likeness (QED) is 0.829. The Kier molecular flexibility index (Phi) is 5.30. The van der Waals surface area contributed by atoms with Gasteiger partial charge in [-0.3, -0.25) is 14.5 Å². The summed E-state index contributed by atoms with van der Waals surface area (Å²) < 4.78 is 0. The van der Waals surface area contributed by atoms with Crippen LogP contribution < -0.4 is 10.6 Å². The first kappa shape index (κ1) is 16.7. The second-order valence-corrected chi connectivity index (χ2v) is 6.54. The summed E-state index contributed by atoms with van der Waals surface area (Å²) >= 11 is 0. The highest BCUT2D eigenvalue weighted by Crippen LogP contribution is 2.27. The summed E-state index contributed by atoms with van der Waals surface area (Å²) in [6.45, 7) is 2.27. The molecule has 2 aliphatic heterocycles. The maximum atomic E-state index is 12.2. The smallest absolute Gasteiger partial charge is 0.251 e. The number of hydrogen-bond acceptors (Lipinski definition) is 3.